The van der Waals surface area contributed by atoms with Gasteiger partial charge in [-0.2, -0.15) is 13.2 Å². The summed E-state index contributed by atoms with van der Waals surface area (Å²) in [5.74, 6) is 0.0714. The molecule has 0 aliphatic rings. The van der Waals surface area contributed by atoms with Crippen molar-refractivity contribution >= 4 is 39.1 Å². The lowest BCUT2D eigenvalue weighted by molar-refractivity contribution is -0.137. The van der Waals surface area contributed by atoms with Crippen molar-refractivity contribution in [3.63, 3.8) is 0 Å². The smallest absolute Gasteiger partial charge is 0.323 e. The molecule has 3 aromatic carbocycles. The van der Waals surface area contributed by atoms with Crippen molar-refractivity contribution in [2.75, 3.05) is 21.9 Å². The number of sulfonamides is 1. The highest BCUT2D eigenvalue weighted by Gasteiger charge is 2.33. The van der Waals surface area contributed by atoms with Crippen molar-refractivity contribution in [1.29, 1.82) is 0 Å². The van der Waals surface area contributed by atoms with E-state index in [1.54, 1.807) is 18.2 Å². The monoisotopic (exact) mass is 494 g/mol. The van der Waals surface area contributed by atoms with Crippen LogP contribution in [0.1, 0.15) is 12.5 Å². The number of carbonyl (C=O) groups excluding carboxylic acids is 1. The van der Waals surface area contributed by atoms with E-state index in [1.165, 1.54) is 42.1 Å². The molecule has 0 bridgehead atoms. The van der Waals surface area contributed by atoms with Crippen LogP contribution in [0.15, 0.2) is 88.7 Å². The van der Waals surface area contributed by atoms with Gasteiger partial charge in [0.1, 0.15) is 6.54 Å². The molecule has 0 unspecified atom stereocenters. The number of para-hydroxylation sites is 1. The molecule has 5 nitrogen and oxygen atoms in total. The van der Waals surface area contributed by atoms with Crippen molar-refractivity contribution in [3.8, 4) is 0 Å². The summed E-state index contributed by atoms with van der Waals surface area (Å²) in [5, 5.41) is 2.68. The van der Waals surface area contributed by atoms with Crippen LogP contribution in [0.25, 0.3) is 0 Å². The van der Waals surface area contributed by atoms with Gasteiger partial charge in [-0.15, -0.1) is 11.8 Å². The summed E-state index contributed by atoms with van der Waals surface area (Å²) in [5.41, 5.74) is -0.783. The number of hydrogen-bond donors (Lipinski definition) is 1. The van der Waals surface area contributed by atoms with Gasteiger partial charge in [0.15, 0.2) is 0 Å². The van der Waals surface area contributed by atoms with E-state index < -0.39 is 34.2 Å². The fraction of sp³-hybridized carbons (Fsp3) is 0.174. The highest BCUT2D eigenvalue weighted by molar-refractivity contribution is 7.99. The maximum Gasteiger partial charge on any atom is 0.416 e. The Morgan fingerprint density at radius 2 is 1.64 bits per heavy atom. The number of nitrogens with zero attached hydrogens (tertiary/aromatic N) is 1. The highest BCUT2D eigenvalue weighted by atomic mass is 32.2. The Balaban J connectivity index is 1.99. The molecule has 0 aliphatic carbocycles. The number of amides is 1. The molecular weight excluding hydrogens is 473 g/mol. The molecule has 0 spiro atoms. The Hall–Kier alpha value is -2.98. The molecule has 0 saturated heterocycles. The third-order valence-electron chi connectivity index (χ3n) is 4.54. The first-order chi connectivity index (χ1) is 15.6. The van der Waals surface area contributed by atoms with Gasteiger partial charge in [0.05, 0.1) is 21.8 Å². The van der Waals surface area contributed by atoms with Crippen molar-refractivity contribution in [3.05, 3.63) is 84.4 Å². The standard InChI is InChI=1S/C23H21F3N2O3S2/c1-2-32-21-14-7-6-13-20(21)27-22(29)16-28(33(30,31)19-11-4-3-5-12-19)18-10-8-9-17(15-18)23(24,25)26/h3-15H,2,16H2,1H3,(H,27,29). The minimum absolute atomic E-state index is 0.142. The molecule has 3 rings (SSSR count). The van der Waals surface area contributed by atoms with Gasteiger partial charge in [0, 0.05) is 4.90 Å². The van der Waals surface area contributed by atoms with E-state index in [0.717, 1.165) is 22.8 Å². The molecule has 0 saturated carbocycles. The molecule has 0 aromatic heterocycles. The second-order valence-electron chi connectivity index (χ2n) is 6.85. The lowest BCUT2D eigenvalue weighted by Crippen LogP contribution is -2.38. The van der Waals surface area contributed by atoms with E-state index in [4.69, 9.17) is 0 Å². The van der Waals surface area contributed by atoms with E-state index in [2.05, 4.69) is 5.32 Å². The third-order valence-corrected chi connectivity index (χ3v) is 7.28. The van der Waals surface area contributed by atoms with Gasteiger partial charge in [-0.3, -0.25) is 9.10 Å². The molecule has 0 radical (unpaired) electrons. The number of hydrogen-bond acceptors (Lipinski definition) is 4. The largest absolute Gasteiger partial charge is 0.416 e. The molecule has 10 heteroatoms. The minimum atomic E-state index is -4.67. The van der Waals surface area contributed by atoms with Crippen LogP contribution < -0.4 is 9.62 Å². The number of benzene rings is 3. The molecule has 174 valence electrons. The summed E-state index contributed by atoms with van der Waals surface area (Å²) in [6.45, 7) is 1.24. The van der Waals surface area contributed by atoms with Crippen LogP contribution in [0.3, 0.4) is 0 Å². The topological polar surface area (TPSA) is 66.5 Å². The molecule has 0 heterocycles. The van der Waals surface area contributed by atoms with E-state index >= 15 is 0 Å². The van der Waals surface area contributed by atoms with Crippen molar-refractivity contribution in [1.82, 2.24) is 0 Å². The Kier molecular flexibility index (Phi) is 7.70. The van der Waals surface area contributed by atoms with Gasteiger partial charge in [-0.05, 0) is 48.2 Å². The van der Waals surface area contributed by atoms with E-state index in [1.807, 2.05) is 19.1 Å². The Morgan fingerprint density at radius 1 is 0.970 bits per heavy atom. The molecule has 1 N–H and O–H groups in total. The predicted octanol–water partition coefficient (Wildman–Crippen LogP) is 5.65. The number of carbonyl (C=O) groups is 1. The van der Waals surface area contributed by atoms with E-state index in [9.17, 15) is 26.4 Å². The van der Waals surface area contributed by atoms with Crippen molar-refractivity contribution in [2.45, 2.75) is 22.9 Å². The van der Waals surface area contributed by atoms with Gasteiger partial charge < -0.3 is 5.32 Å². The van der Waals surface area contributed by atoms with Crippen LogP contribution in [0.2, 0.25) is 0 Å². The maximum atomic E-state index is 13.3. The molecule has 1 amide bonds. The molecular formula is C23H21F3N2O3S2. The zero-order valence-corrected chi connectivity index (χ0v) is 19.2. The van der Waals surface area contributed by atoms with Crippen LogP contribution in [0, 0.1) is 0 Å². The van der Waals surface area contributed by atoms with Gasteiger partial charge in [-0.25, -0.2) is 8.42 Å². The lowest BCUT2D eigenvalue weighted by atomic mass is 10.2. The predicted molar refractivity (Wildman–Crippen MR) is 124 cm³/mol. The van der Waals surface area contributed by atoms with Crippen LogP contribution >= 0.6 is 11.8 Å². The zero-order valence-electron chi connectivity index (χ0n) is 17.5. The van der Waals surface area contributed by atoms with Crippen LogP contribution in [0.4, 0.5) is 24.5 Å². The Morgan fingerprint density at radius 3 is 2.30 bits per heavy atom. The highest BCUT2D eigenvalue weighted by Crippen LogP contribution is 2.33. The fourth-order valence-electron chi connectivity index (χ4n) is 3.04. The number of thioether (sulfide) groups is 1. The minimum Gasteiger partial charge on any atom is -0.323 e. The van der Waals surface area contributed by atoms with Gasteiger partial charge in [-0.1, -0.05) is 43.3 Å². The summed E-state index contributed by atoms with van der Waals surface area (Å²) in [4.78, 5) is 13.5. The summed E-state index contributed by atoms with van der Waals surface area (Å²) < 4.78 is 67.1. The molecule has 0 atom stereocenters. The van der Waals surface area contributed by atoms with E-state index in [0.29, 0.717) is 16.1 Å². The first-order valence-electron chi connectivity index (χ1n) is 9.89. The first-order valence-corrected chi connectivity index (χ1v) is 12.3. The maximum absolute atomic E-state index is 13.3. The SMILES string of the molecule is CCSc1ccccc1NC(=O)CN(c1cccc(C(F)(F)F)c1)S(=O)(=O)c1ccccc1. The number of anilines is 2. The lowest BCUT2D eigenvalue weighted by Gasteiger charge is -2.25. The van der Waals surface area contributed by atoms with E-state index in [-0.39, 0.29) is 10.6 Å². The zero-order chi connectivity index (χ0) is 24.1. The van der Waals surface area contributed by atoms with Crippen molar-refractivity contribution in [2.24, 2.45) is 0 Å². The van der Waals surface area contributed by atoms with Gasteiger partial charge in [0.2, 0.25) is 5.91 Å². The fourth-order valence-corrected chi connectivity index (χ4v) is 5.24. The average Bonchev–Trinajstić information content (AvgIpc) is 2.79. The third kappa shape index (κ3) is 6.08. The summed E-state index contributed by atoms with van der Waals surface area (Å²) in [7, 11) is -4.32. The molecule has 0 fully saturated rings. The number of alkyl halides is 3. The number of rotatable bonds is 8. The molecule has 0 aliphatic heterocycles. The van der Waals surface area contributed by atoms with Crippen LogP contribution in [0.5, 0.6) is 0 Å². The number of halogens is 3. The Labute approximate surface area is 194 Å². The van der Waals surface area contributed by atoms with Crippen molar-refractivity contribution < 1.29 is 26.4 Å². The second-order valence-corrected chi connectivity index (χ2v) is 10.0. The number of nitrogens with one attached hydrogen (secondary N) is 1. The summed E-state index contributed by atoms with van der Waals surface area (Å²) in [6.07, 6.45) is -4.67. The summed E-state index contributed by atoms with van der Waals surface area (Å²) in [6, 6.07) is 18.2. The summed E-state index contributed by atoms with van der Waals surface area (Å²) >= 11 is 1.49. The van der Waals surface area contributed by atoms with Crippen LogP contribution in [-0.4, -0.2) is 26.6 Å². The van der Waals surface area contributed by atoms with Gasteiger partial charge >= 0.3 is 6.18 Å². The average molecular weight is 495 g/mol. The second kappa shape index (κ2) is 10.3. The Bertz CT molecular complexity index is 1220. The normalized spacial score (nSPS) is 11.8. The quantitative estimate of drug-likeness (QED) is 0.411. The molecule has 3 aromatic rings. The van der Waals surface area contributed by atoms with Gasteiger partial charge in [0.25, 0.3) is 10.0 Å². The first kappa shape index (κ1) is 24.7. The van der Waals surface area contributed by atoms with Crippen LogP contribution in [-0.2, 0) is 21.0 Å². The molecule has 33 heavy (non-hydrogen) atoms.